The molecule has 2 N–H and O–H groups in total. The van der Waals surface area contributed by atoms with Crippen LogP contribution in [0.5, 0.6) is 0 Å². The monoisotopic (exact) mass is 208 g/mol. The Balaban J connectivity index is 2.07. The van der Waals surface area contributed by atoms with Crippen molar-refractivity contribution < 1.29 is 4.52 Å². The number of hydrogen-bond donors (Lipinski definition) is 1. The Morgan fingerprint density at radius 1 is 1.60 bits per heavy atom. The first-order chi connectivity index (χ1) is 7.29. The molecular formula is C8H12N6O. The maximum absolute atomic E-state index is 5.82. The quantitative estimate of drug-likeness (QED) is 0.766. The van der Waals surface area contributed by atoms with E-state index < -0.39 is 0 Å². The summed E-state index contributed by atoms with van der Waals surface area (Å²) in [6.45, 7) is 2.45. The standard InChI is InChI=1S/C8H12N6O/c1-2-6(9)7-3-14(13-11-7)4-8-10-5-15-12-8/h3,5-6H,2,4,9H2,1H3. The fourth-order valence-corrected chi connectivity index (χ4v) is 1.18. The highest BCUT2D eigenvalue weighted by Gasteiger charge is 2.09. The van der Waals surface area contributed by atoms with Gasteiger partial charge in [-0.1, -0.05) is 17.3 Å². The van der Waals surface area contributed by atoms with Crippen LogP contribution in [0.4, 0.5) is 0 Å². The van der Waals surface area contributed by atoms with Crippen LogP contribution in [0.25, 0.3) is 0 Å². The molecule has 2 aromatic heterocycles. The highest BCUT2D eigenvalue weighted by molar-refractivity contribution is 4.99. The highest BCUT2D eigenvalue weighted by Crippen LogP contribution is 2.09. The molecule has 0 radical (unpaired) electrons. The zero-order valence-electron chi connectivity index (χ0n) is 8.37. The molecule has 0 fully saturated rings. The predicted molar refractivity (Wildman–Crippen MR) is 50.6 cm³/mol. The van der Waals surface area contributed by atoms with E-state index in [0.717, 1.165) is 12.1 Å². The normalized spacial score (nSPS) is 12.9. The van der Waals surface area contributed by atoms with E-state index in [2.05, 4.69) is 25.0 Å². The van der Waals surface area contributed by atoms with Gasteiger partial charge in [0.25, 0.3) is 0 Å². The van der Waals surface area contributed by atoms with Crippen LogP contribution < -0.4 is 5.73 Å². The number of nitrogens with two attached hydrogens (primary N) is 1. The molecule has 0 saturated heterocycles. The van der Waals surface area contributed by atoms with Crippen molar-refractivity contribution >= 4 is 0 Å². The predicted octanol–water partition coefficient (Wildman–Crippen LogP) is 0.119. The minimum absolute atomic E-state index is 0.0657. The summed E-state index contributed by atoms with van der Waals surface area (Å²) in [5.41, 5.74) is 6.59. The second-order valence-electron chi connectivity index (χ2n) is 3.20. The number of hydrogen-bond acceptors (Lipinski definition) is 6. The van der Waals surface area contributed by atoms with E-state index in [-0.39, 0.29) is 6.04 Å². The van der Waals surface area contributed by atoms with E-state index in [4.69, 9.17) is 5.73 Å². The molecule has 1 unspecified atom stereocenters. The highest BCUT2D eigenvalue weighted by atomic mass is 16.5. The van der Waals surface area contributed by atoms with E-state index in [1.807, 2.05) is 6.92 Å². The lowest BCUT2D eigenvalue weighted by molar-refractivity contribution is 0.406. The molecule has 2 rings (SSSR count). The minimum Gasteiger partial charge on any atom is -0.343 e. The van der Waals surface area contributed by atoms with Crippen molar-refractivity contribution in [1.82, 2.24) is 25.1 Å². The molecule has 0 aliphatic rings. The molecule has 0 aliphatic carbocycles. The Hall–Kier alpha value is -1.76. The van der Waals surface area contributed by atoms with Crippen LogP contribution in [0.2, 0.25) is 0 Å². The van der Waals surface area contributed by atoms with Gasteiger partial charge in [0, 0.05) is 0 Å². The summed E-state index contributed by atoms with van der Waals surface area (Å²) in [6.07, 6.45) is 3.91. The molecular weight excluding hydrogens is 196 g/mol. The van der Waals surface area contributed by atoms with E-state index >= 15 is 0 Å². The van der Waals surface area contributed by atoms with Gasteiger partial charge in [-0.3, -0.25) is 0 Å². The van der Waals surface area contributed by atoms with Gasteiger partial charge in [-0.15, -0.1) is 5.10 Å². The second kappa shape index (κ2) is 4.18. The van der Waals surface area contributed by atoms with Crippen LogP contribution in [-0.4, -0.2) is 25.1 Å². The van der Waals surface area contributed by atoms with Gasteiger partial charge in [0.05, 0.1) is 17.9 Å². The average Bonchev–Trinajstić information content (AvgIpc) is 2.88. The minimum atomic E-state index is -0.0657. The molecule has 15 heavy (non-hydrogen) atoms. The zero-order valence-corrected chi connectivity index (χ0v) is 8.37. The van der Waals surface area contributed by atoms with Gasteiger partial charge in [-0.2, -0.15) is 4.98 Å². The first-order valence-corrected chi connectivity index (χ1v) is 4.70. The molecule has 2 aromatic rings. The summed E-state index contributed by atoms with van der Waals surface area (Å²) in [6, 6.07) is -0.0657. The second-order valence-corrected chi connectivity index (χ2v) is 3.20. The van der Waals surface area contributed by atoms with Crippen LogP contribution in [-0.2, 0) is 6.54 Å². The van der Waals surface area contributed by atoms with Crippen LogP contribution in [0.15, 0.2) is 17.1 Å². The molecule has 0 spiro atoms. The van der Waals surface area contributed by atoms with Gasteiger partial charge in [0.2, 0.25) is 6.39 Å². The van der Waals surface area contributed by atoms with Gasteiger partial charge in [-0.05, 0) is 6.42 Å². The van der Waals surface area contributed by atoms with Crippen molar-refractivity contribution in [1.29, 1.82) is 0 Å². The fourth-order valence-electron chi connectivity index (χ4n) is 1.18. The summed E-state index contributed by atoms with van der Waals surface area (Å²) in [4.78, 5) is 3.89. The van der Waals surface area contributed by atoms with Gasteiger partial charge in [0.1, 0.15) is 6.54 Å². The summed E-state index contributed by atoms with van der Waals surface area (Å²) < 4.78 is 6.25. The number of aromatic nitrogens is 5. The number of nitrogens with zero attached hydrogens (tertiary/aromatic N) is 5. The Labute approximate surface area is 86.3 Å². The molecule has 0 saturated carbocycles. The zero-order chi connectivity index (χ0) is 10.7. The van der Waals surface area contributed by atoms with E-state index in [1.54, 1.807) is 10.9 Å². The smallest absolute Gasteiger partial charge is 0.213 e. The summed E-state index contributed by atoms with van der Waals surface area (Å²) >= 11 is 0. The Morgan fingerprint density at radius 3 is 3.13 bits per heavy atom. The van der Waals surface area contributed by atoms with E-state index in [1.165, 1.54) is 6.39 Å². The topological polar surface area (TPSA) is 95.7 Å². The lowest BCUT2D eigenvalue weighted by Crippen LogP contribution is -2.08. The Bertz CT molecular complexity index is 408. The van der Waals surface area contributed by atoms with Crippen molar-refractivity contribution in [3.05, 3.63) is 24.1 Å². The largest absolute Gasteiger partial charge is 0.343 e. The molecule has 80 valence electrons. The molecule has 7 heteroatoms. The van der Waals surface area contributed by atoms with Crippen LogP contribution >= 0.6 is 0 Å². The summed E-state index contributed by atoms with van der Waals surface area (Å²) in [5.74, 6) is 0.566. The molecule has 0 bridgehead atoms. The van der Waals surface area contributed by atoms with Gasteiger partial charge in [-0.25, -0.2) is 4.68 Å². The first kappa shape index (κ1) is 9.78. The molecule has 1 atom stereocenters. The van der Waals surface area contributed by atoms with Gasteiger partial charge in [0.15, 0.2) is 5.82 Å². The van der Waals surface area contributed by atoms with E-state index in [0.29, 0.717) is 12.4 Å². The molecule has 0 aromatic carbocycles. The van der Waals surface area contributed by atoms with E-state index in [9.17, 15) is 0 Å². The molecule has 7 nitrogen and oxygen atoms in total. The van der Waals surface area contributed by atoms with Crippen LogP contribution in [0.1, 0.15) is 30.9 Å². The summed E-state index contributed by atoms with van der Waals surface area (Å²) in [5, 5.41) is 11.6. The van der Waals surface area contributed by atoms with Crippen LogP contribution in [0, 0.1) is 0 Å². The maximum atomic E-state index is 5.82. The molecule has 2 heterocycles. The van der Waals surface area contributed by atoms with Crippen molar-refractivity contribution in [3.8, 4) is 0 Å². The SMILES string of the molecule is CCC(N)c1cn(Cc2ncon2)nn1. The molecule has 0 aliphatic heterocycles. The fraction of sp³-hybridized carbons (Fsp3) is 0.500. The third-order valence-electron chi connectivity index (χ3n) is 2.09. The van der Waals surface area contributed by atoms with Crippen molar-refractivity contribution in [3.63, 3.8) is 0 Å². The first-order valence-electron chi connectivity index (χ1n) is 4.70. The van der Waals surface area contributed by atoms with Crippen molar-refractivity contribution in [2.24, 2.45) is 5.73 Å². The van der Waals surface area contributed by atoms with Gasteiger partial charge >= 0.3 is 0 Å². The third-order valence-corrected chi connectivity index (χ3v) is 2.09. The Kier molecular flexibility index (Phi) is 2.72. The third kappa shape index (κ3) is 2.18. The van der Waals surface area contributed by atoms with Gasteiger partial charge < -0.3 is 10.3 Å². The number of rotatable bonds is 4. The average molecular weight is 208 g/mol. The molecule has 0 amide bonds. The van der Waals surface area contributed by atoms with Crippen molar-refractivity contribution in [2.75, 3.05) is 0 Å². The lowest BCUT2D eigenvalue weighted by Gasteiger charge is -2.01. The van der Waals surface area contributed by atoms with Crippen LogP contribution in [0.3, 0.4) is 0 Å². The summed E-state index contributed by atoms with van der Waals surface area (Å²) in [7, 11) is 0. The lowest BCUT2D eigenvalue weighted by atomic mass is 10.2. The Morgan fingerprint density at radius 2 is 2.47 bits per heavy atom. The van der Waals surface area contributed by atoms with Crippen molar-refractivity contribution in [2.45, 2.75) is 25.9 Å². The maximum Gasteiger partial charge on any atom is 0.213 e.